The maximum absolute atomic E-state index is 12.2. The molecule has 0 bridgehead atoms. The molecule has 0 unspecified atom stereocenters. The lowest BCUT2D eigenvalue weighted by Gasteiger charge is -2.07. The number of hydrogen-bond donors (Lipinski definition) is 0. The summed E-state index contributed by atoms with van der Waals surface area (Å²) in [5, 5.41) is 10.6. The summed E-state index contributed by atoms with van der Waals surface area (Å²) in [5.41, 5.74) is 1.46. The van der Waals surface area contributed by atoms with Gasteiger partial charge in [-0.3, -0.25) is 14.9 Å². The smallest absolute Gasteiger partial charge is 0.433 e. The van der Waals surface area contributed by atoms with Gasteiger partial charge in [0.1, 0.15) is 28.8 Å². The van der Waals surface area contributed by atoms with Gasteiger partial charge in [-0.2, -0.15) is 0 Å². The van der Waals surface area contributed by atoms with E-state index in [0.29, 0.717) is 17.9 Å². The Balaban J connectivity index is 1.57. The van der Waals surface area contributed by atoms with Crippen LogP contribution in [0.5, 0.6) is 11.5 Å². The van der Waals surface area contributed by atoms with Crippen molar-refractivity contribution in [3.05, 3.63) is 93.7 Å². The monoisotopic (exact) mass is 379 g/mol. The van der Waals surface area contributed by atoms with Crippen LogP contribution in [0.15, 0.2) is 71.2 Å². The van der Waals surface area contributed by atoms with Crippen LogP contribution in [-0.2, 0) is 6.61 Å². The summed E-state index contributed by atoms with van der Waals surface area (Å²) in [6, 6.07) is 16.9. The number of nitrogens with zero attached hydrogens (tertiary/aromatic N) is 1. The second-order valence-electron chi connectivity index (χ2n) is 5.79. The van der Waals surface area contributed by atoms with Gasteiger partial charge < -0.3 is 13.9 Å². The highest BCUT2D eigenvalue weighted by molar-refractivity contribution is 6.06. The first-order chi connectivity index (χ1) is 13.5. The van der Waals surface area contributed by atoms with Crippen molar-refractivity contribution in [2.24, 2.45) is 0 Å². The molecule has 3 aromatic rings. The number of carbonyl (C=O) groups excluding carboxylic acids is 1. The zero-order valence-corrected chi connectivity index (χ0v) is 15.0. The van der Waals surface area contributed by atoms with E-state index in [-0.39, 0.29) is 17.4 Å². The number of ketones is 1. The Labute approximate surface area is 161 Å². The molecule has 0 aliphatic heterocycles. The maximum Gasteiger partial charge on any atom is 0.433 e. The molecule has 0 radical (unpaired) electrons. The fourth-order valence-electron chi connectivity index (χ4n) is 2.39. The second kappa shape index (κ2) is 8.68. The van der Waals surface area contributed by atoms with Gasteiger partial charge in [0.15, 0.2) is 5.78 Å². The highest BCUT2D eigenvalue weighted by Crippen LogP contribution is 2.19. The number of methoxy groups -OCH3 is 1. The summed E-state index contributed by atoms with van der Waals surface area (Å²) in [7, 11) is 1.61. The number of allylic oxidation sites excluding steroid dienone is 1. The van der Waals surface area contributed by atoms with Gasteiger partial charge in [0, 0.05) is 5.56 Å². The minimum Gasteiger partial charge on any atom is -0.497 e. The number of furan rings is 1. The summed E-state index contributed by atoms with van der Waals surface area (Å²) >= 11 is 0. The average molecular weight is 379 g/mol. The van der Waals surface area contributed by atoms with Crippen molar-refractivity contribution in [3.63, 3.8) is 0 Å². The third kappa shape index (κ3) is 4.85. The largest absolute Gasteiger partial charge is 0.497 e. The van der Waals surface area contributed by atoms with Gasteiger partial charge in [0.2, 0.25) is 0 Å². The highest BCUT2D eigenvalue weighted by atomic mass is 16.6. The minimum absolute atomic E-state index is 0.236. The molecular weight excluding hydrogens is 362 g/mol. The third-order valence-electron chi connectivity index (χ3n) is 3.89. The Kier molecular flexibility index (Phi) is 5.86. The van der Waals surface area contributed by atoms with Crippen molar-refractivity contribution in [2.75, 3.05) is 7.11 Å². The fraction of sp³-hybridized carbons (Fsp3) is 0.0952. The van der Waals surface area contributed by atoms with Crippen LogP contribution in [0.25, 0.3) is 6.08 Å². The van der Waals surface area contributed by atoms with Crippen molar-refractivity contribution >= 4 is 17.7 Å². The predicted octanol–water partition coefficient (Wildman–Crippen LogP) is 4.67. The van der Waals surface area contributed by atoms with Gasteiger partial charge in [0.25, 0.3) is 0 Å². The quantitative estimate of drug-likeness (QED) is 0.244. The molecule has 0 aliphatic carbocycles. The van der Waals surface area contributed by atoms with E-state index in [2.05, 4.69) is 0 Å². The van der Waals surface area contributed by atoms with Crippen LogP contribution in [0.2, 0.25) is 0 Å². The first-order valence-electron chi connectivity index (χ1n) is 8.37. The molecule has 0 fully saturated rings. The van der Waals surface area contributed by atoms with Gasteiger partial charge >= 0.3 is 5.88 Å². The standard InChI is InChI=1S/C21H17NO6/c1-26-17-6-2-15(3-7-17)14-27-18-8-4-16(5-9-18)20(23)12-10-19-11-13-21(28-19)22(24)25/h2-13H,14H2,1H3/b12-10+. The maximum atomic E-state index is 12.2. The predicted molar refractivity (Wildman–Crippen MR) is 102 cm³/mol. The number of rotatable bonds is 8. The molecule has 1 heterocycles. The molecule has 0 atom stereocenters. The number of nitro groups is 1. The molecule has 0 amide bonds. The van der Waals surface area contributed by atoms with E-state index in [4.69, 9.17) is 13.9 Å². The Morgan fingerprint density at radius 1 is 1.04 bits per heavy atom. The molecule has 2 aromatic carbocycles. The van der Waals surface area contributed by atoms with Crippen LogP contribution >= 0.6 is 0 Å². The second-order valence-corrected chi connectivity index (χ2v) is 5.79. The number of carbonyl (C=O) groups is 1. The van der Waals surface area contributed by atoms with E-state index in [1.807, 2.05) is 24.3 Å². The van der Waals surface area contributed by atoms with Crippen LogP contribution in [0.1, 0.15) is 21.7 Å². The van der Waals surface area contributed by atoms with Crippen LogP contribution in [0.3, 0.4) is 0 Å². The number of benzene rings is 2. The molecule has 7 nitrogen and oxygen atoms in total. The van der Waals surface area contributed by atoms with Gasteiger partial charge in [-0.25, -0.2) is 0 Å². The zero-order valence-electron chi connectivity index (χ0n) is 15.0. The molecule has 0 saturated heterocycles. The first-order valence-corrected chi connectivity index (χ1v) is 8.37. The van der Waals surface area contributed by atoms with E-state index < -0.39 is 4.92 Å². The Bertz CT molecular complexity index is 986. The molecule has 0 aliphatic rings. The zero-order chi connectivity index (χ0) is 19.9. The number of hydrogen-bond acceptors (Lipinski definition) is 6. The summed E-state index contributed by atoms with van der Waals surface area (Å²) in [6.07, 6.45) is 2.69. The highest BCUT2D eigenvalue weighted by Gasteiger charge is 2.10. The van der Waals surface area contributed by atoms with Crippen molar-refractivity contribution in [1.82, 2.24) is 0 Å². The lowest BCUT2D eigenvalue weighted by atomic mass is 10.1. The third-order valence-corrected chi connectivity index (χ3v) is 3.89. The topological polar surface area (TPSA) is 91.8 Å². The SMILES string of the molecule is COc1ccc(COc2ccc(C(=O)/C=C/c3ccc([N+](=O)[O-])o3)cc2)cc1. The summed E-state index contributed by atoms with van der Waals surface area (Å²) in [6.45, 7) is 0.397. The molecule has 0 spiro atoms. The molecular formula is C21H17NO6. The molecule has 1 aromatic heterocycles. The summed E-state index contributed by atoms with van der Waals surface area (Å²) in [5.74, 6) is 1.03. The minimum atomic E-state index is -0.635. The van der Waals surface area contributed by atoms with E-state index >= 15 is 0 Å². The van der Waals surface area contributed by atoms with Gasteiger partial charge in [-0.15, -0.1) is 0 Å². The molecule has 142 valence electrons. The van der Waals surface area contributed by atoms with E-state index in [1.54, 1.807) is 31.4 Å². The van der Waals surface area contributed by atoms with Crippen LogP contribution < -0.4 is 9.47 Å². The lowest BCUT2D eigenvalue weighted by molar-refractivity contribution is -0.402. The normalized spacial score (nSPS) is 10.8. The van der Waals surface area contributed by atoms with Gasteiger partial charge in [-0.1, -0.05) is 12.1 Å². The van der Waals surface area contributed by atoms with Crippen molar-refractivity contribution in [3.8, 4) is 11.5 Å². The summed E-state index contributed by atoms with van der Waals surface area (Å²) in [4.78, 5) is 22.1. The Morgan fingerprint density at radius 3 is 2.32 bits per heavy atom. The van der Waals surface area contributed by atoms with Crippen molar-refractivity contribution in [1.29, 1.82) is 0 Å². The van der Waals surface area contributed by atoms with Crippen LogP contribution in [-0.4, -0.2) is 17.8 Å². The van der Waals surface area contributed by atoms with E-state index in [1.165, 1.54) is 24.3 Å². The molecule has 7 heteroatoms. The summed E-state index contributed by atoms with van der Waals surface area (Å²) < 4.78 is 15.8. The molecule has 28 heavy (non-hydrogen) atoms. The van der Waals surface area contributed by atoms with Gasteiger partial charge in [0.05, 0.1) is 13.2 Å². The Morgan fingerprint density at radius 2 is 1.71 bits per heavy atom. The number of ether oxygens (including phenoxy) is 2. The van der Waals surface area contributed by atoms with E-state index in [0.717, 1.165) is 11.3 Å². The van der Waals surface area contributed by atoms with Crippen molar-refractivity contribution in [2.45, 2.75) is 6.61 Å². The van der Waals surface area contributed by atoms with Crippen molar-refractivity contribution < 1.29 is 23.6 Å². The lowest BCUT2D eigenvalue weighted by Crippen LogP contribution is -1.97. The Hall–Kier alpha value is -3.87. The molecule has 3 rings (SSSR count). The molecule has 0 N–H and O–H groups in total. The van der Waals surface area contributed by atoms with Crippen LogP contribution in [0.4, 0.5) is 5.88 Å². The first kappa shape index (κ1) is 18.9. The average Bonchev–Trinajstić information content (AvgIpc) is 3.21. The van der Waals surface area contributed by atoms with Crippen LogP contribution in [0, 0.1) is 10.1 Å². The van der Waals surface area contributed by atoms with Gasteiger partial charge in [-0.05, 0) is 60.2 Å². The van der Waals surface area contributed by atoms with E-state index in [9.17, 15) is 14.9 Å². The molecule has 0 saturated carbocycles. The fourth-order valence-corrected chi connectivity index (χ4v) is 2.39.